The number of nitrogens with zero attached hydrogens (tertiary/aromatic N) is 1. The van der Waals surface area contributed by atoms with E-state index in [0.717, 1.165) is 18.1 Å². The average Bonchev–Trinajstić information content (AvgIpc) is 2.83. The Labute approximate surface area is 86.7 Å². The third-order valence-corrected chi connectivity index (χ3v) is 2.61. The summed E-state index contributed by atoms with van der Waals surface area (Å²) in [7, 11) is 0. The van der Waals surface area contributed by atoms with Crippen LogP contribution in [0, 0.1) is 0 Å². The fraction of sp³-hybridized carbons (Fsp3) is 0.900. The molecule has 0 heterocycles. The van der Waals surface area contributed by atoms with Gasteiger partial charge in [-0.05, 0) is 45.3 Å². The Balaban J connectivity index is 2.36. The lowest BCUT2D eigenvalue weighted by Gasteiger charge is -2.29. The molecule has 0 aromatic heterocycles. The SMILES string of the molecule is CCCN(C(=S)NC1CC1)C(C)C. The largest absolute Gasteiger partial charge is 0.360 e. The van der Waals surface area contributed by atoms with Crippen LogP contribution in [-0.4, -0.2) is 28.6 Å². The molecule has 0 bridgehead atoms. The molecule has 3 heteroatoms. The third kappa shape index (κ3) is 3.51. The van der Waals surface area contributed by atoms with Crippen molar-refractivity contribution in [2.75, 3.05) is 6.54 Å². The summed E-state index contributed by atoms with van der Waals surface area (Å²) in [6.07, 6.45) is 3.74. The summed E-state index contributed by atoms with van der Waals surface area (Å²) < 4.78 is 0. The Morgan fingerprint density at radius 1 is 1.54 bits per heavy atom. The van der Waals surface area contributed by atoms with Crippen molar-refractivity contribution in [1.82, 2.24) is 10.2 Å². The van der Waals surface area contributed by atoms with Crippen LogP contribution >= 0.6 is 12.2 Å². The summed E-state index contributed by atoms with van der Waals surface area (Å²) in [6.45, 7) is 7.64. The number of hydrogen-bond acceptors (Lipinski definition) is 1. The van der Waals surface area contributed by atoms with Crippen molar-refractivity contribution in [3.8, 4) is 0 Å². The molecule has 0 saturated heterocycles. The van der Waals surface area contributed by atoms with Gasteiger partial charge >= 0.3 is 0 Å². The quantitative estimate of drug-likeness (QED) is 0.700. The molecule has 76 valence electrons. The molecule has 0 amide bonds. The van der Waals surface area contributed by atoms with E-state index in [-0.39, 0.29) is 0 Å². The lowest BCUT2D eigenvalue weighted by atomic mass is 10.3. The number of rotatable bonds is 4. The van der Waals surface area contributed by atoms with E-state index >= 15 is 0 Å². The van der Waals surface area contributed by atoms with Crippen LogP contribution < -0.4 is 5.32 Å². The van der Waals surface area contributed by atoms with Gasteiger partial charge in [-0.2, -0.15) is 0 Å². The molecule has 1 N–H and O–H groups in total. The van der Waals surface area contributed by atoms with Crippen molar-refractivity contribution < 1.29 is 0 Å². The molecular formula is C10H20N2S. The van der Waals surface area contributed by atoms with Gasteiger partial charge in [0.05, 0.1) is 0 Å². The minimum absolute atomic E-state index is 0.513. The topological polar surface area (TPSA) is 15.3 Å². The van der Waals surface area contributed by atoms with Crippen molar-refractivity contribution in [3.63, 3.8) is 0 Å². The zero-order valence-electron chi connectivity index (χ0n) is 8.84. The second kappa shape index (κ2) is 4.80. The Hall–Kier alpha value is -0.310. The van der Waals surface area contributed by atoms with E-state index in [4.69, 9.17) is 12.2 Å². The van der Waals surface area contributed by atoms with Crippen molar-refractivity contribution >= 4 is 17.3 Å². The lowest BCUT2D eigenvalue weighted by molar-refractivity contribution is 0.344. The van der Waals surface area contributed by atoms with Crippen molar-refractivity contribution in [2.45, 2.75) is 52.1 Å². The number of hydrogen-bond donors (Lipinski definition) is 1. The van der Waals surface area contributed by atoms with E-state index in [0.29, 0.717) is 12.1 Å². The summed E-state index contributed by atoms with van der Waals surface area (Å²) >= 11 is 5.35. The van der Waals surface area contributed by atoms with Gasteiger partial charge in [-0.15, -0.1) is 0 Å². The summed E-state index contributed by atoms with van der Waals surface area (Å²) in [4.78, 5) is 2.27. The highest BCUT2D eigenvalue weighted by atomic mass is 32.1. The van der Waals surface area contributed by atoms with Crippen molar-refractivity contribution in [1.29, 1.82) is 0 Å². The van der Waals surface area contributed by atoms with Gasteiger partial charge in [-0.3, -0.25) is 0 Å². The highest BCUT2D eigenvalue weighted by Gasteiger charge is 2.24. The van der Waals surface area contributed by atoms with Gasteiger partial charge in [0.25, 0.3) is 0 Å². The molecule has 13 heavy (non-hydrogen) atoms. The van der Waals surface area contributed by atoms with E-state index in [1.807, 2.05) is 0 Å². The molecule has 0 aromatic carbocycles. The van der Waals surface area contributed by atoms with Gasteiger partial charge in [0.2, 0.25) is 0 Å². The number of nitrogens with one attached hydrogen (secondary N) is 1. The van der Waals surface area contributed by atoms with Crippen molar-refractivity contribution in [3.05, 3.63) is 0 Å². The molecule has 0 unspecified atom stereocenters. The molecule has 0 spiro atoms. The van der Waals surface area contributed by atoms with Gasteiger partial charge in [0.15, 0.2) is 5.11 Å². The van der Waals surface area contributed by atoms with E-state index in [2.05, 4.69) is 31.0 Å². The minimum Gasteiger partial charge on any atom is -0.360 e. The molecule has 1 aliphatic rings. The fourth-order valence-electron chi connectivity index (χ4n) is 1.32. The second-order valence-corrected chi connectivity index (χ2v) is 4.40. The predicted octanol–water partition coefficient (Wildman–Crippen LogP) is 2.14. The van der Waals surface area contributed by atoms with Crippen LogP contribution in [0.1, 0.15) is 40.0 Å². The molecular weight excluding hydrogens is 180 g/mol. The third-order valence-electron chi connectivity index (χ3n) is 2.25. The van der Waals surface area contributed by atoms with Crippen LogP contribution in [0.25, 0.3) is 0 Å². The first-order valence-electron chi connectivity index (χ1n) is 5.22. The van der Waals surface area contributed by atoms with E-state index in [9.17, 15) is 0 Å². The molecule has 2 nitrogen and oxygen atoms in total. The van der Waals surface area contributed by atoms with Gasteiger partial charge < -0.3 is 10.2 Å². The predicted molar refractivity (Wildman–Crippen MR) is 60.9 cm³/mol. The maximum Gasteiger partial charge on any atom is 0.169 e. The van der Waals surface area contributed by atoms with Crippen LogP contribution in [-0.2, 0) is 0 Å². The first-order valence-corrected chi connectivity index (χ1v) is 5.63. The first kappa shape index (κ1) is 10.8. The summed E-state index contributed by atoms with van der Waals surface area (Å²) in [5.74, 6) is 0. The number of thiocarbonyl (C=S) groups is 1. The van der Waals surface area contributed by atoms with Gasteiger partial charge in [-0.1, -0.05) is 6.92 Å². The smallest absolute Gasteiger partial charge is 0.169 e. The molecule has 0 aromatic rings. The molecule has 0 aliphatic heterocycles. The van der Waals surface area contributed by atoms with Crippen LogP contribution in [0.15, 0.2) is 0 Å². The Kier molecular flexibility index (Phi) is 3.97. The van der Waals surface area contributed by atoms with Gasteiger partial charge in [0, 0.05) is 18.6 Å². The first-order chi connectivity index (χ1) is 6.15. The van der Waals surface area contributed by atoms with Crippen LogP contribution in [0.2, 0.25) is 0 Å². The molecule has 1 fully saturated rings. The normalized spacial score (nSPS) is 16.0. The molecule has 0 radical (unpaired) electrons. The van der Waals surface area contributed by atoms with E-state index < -0.39 is 0 Å². The van der Waals surface area contributed by atoms with Crippen LogP contribution in [0.3, 0.4) is 0 Å². The maximum atomic E-state index is 5.35. The van der Waals surface area contributed by atoms with Crippen molar-refractivity contribution in [2.24, 2.45) is 0 Å². The van der Waals surface area contributed by atoms with Gasteiger partial charge in [-0.25, -0.2) is 0 Å². The average molecular weight is 200 g/mol. The standard InChI is InChI=1S/C10H20N2S/c1-4-7-12(8(2)3)10(13)11-9-5-6-9/h8-9H,4-7H2,1-3H3,(H,11,13). The Morgan fingerprint density at radius 2 is 2.15 bits per heavy atom. The Morgan fingerprint density at radius 3 is 2.54 bits per heavy atom. The summed E-state index contributed by atoms with van der Waals surface area (Å²) in [5, 5.41) is 4.32. The Bertz CT molecular complexity index is 176. The summed E-state index contributed by atoms with van der Waals surface area (Å²) in [5.41, 5.74) is 0. The zero-order chi connectivity index (χ0) is 9.84. The zero-order valence-corrected chi connectivity index (χ0v) is 9.66. The monoisotopic (exact) mass is 200 g/mol. The maximum absolute atomic E-state index is 5.35. The fourth-order valence-corrected chi connectivity index (χ4v) is 1.79. The second-order valence-electron chi connectivity index (χ2n) is 4.01. The summed E-state index contributed by atoms with van der Waals surface area (Å²) in [6, 6.07) is 1.18. The molecule has 0 atom stereocenters. The lowest BCUT2D eigenvalue weighted by Crippen LogP contribution is -2.44. The molecule has 1 saturated carbocycles. The van der Waals surface area contributed by atoms with Gasteiger partial charge in [0.1, 0.15) is 0 Å². The van der Waals surface area contributed by atoms with E-state index in [1.54, 1.807) is 0 Å². The minimum atomic E-state index is 0.513. The van der Waals surface area contributed by atoms with Crippen LogP contribution in [0.4, 0.5) is 0 Å². The highest BCUT2D eigenvalue weighted by Crippen LogP contribution is 2.19. The highest BCUT2D eigenvalue weighted by molar-refractivity contribution is 7.80. The molecule has 1 rings (SSSR count). The van der Waals surface area contributed by atoms with E-state index in [1.165, 1.54) is 12.8 Å². The van der Waals surface area contributed by atoms with Crippen LogP contribution in [0.5, 0.6) is 0 Å². The molecule has 1 aliphatic carbocycles.